The van der Waals surface area contributed by atoms with Gasteiger partial charge in [0.15, 0.2) is 0 Å². The minimum Gasteiger partial charge on any atom is -0.481 e. The van der Waals surface area contributed by atoms with E-state index in [1.807, 2.05) is 11.7 Å². The monoisotopic (exact) mass is 242 g/mol. The Morgan fingerprint density at radius 3 is 2.69 bits per heavy atom. The Morgan fingerprint density at radius 1 is 1.56 bits per heavy atom. The van der Waals surface area contributed by atoms with E-state index in [9.17, 15) is 4.79 Å². The van der Waals surface area contributed by atoms with Crippen molar-refractivity contribution in [2.24, 2.45) is 0 Å². The van der Waals surface area contributed by atoms with Crippen LogP contribution in [0.5, 0.6) is 0 Å². The van der Waals surface area contributed by atoms with Crippen molar-refractivity contribution in [2.45, 2.75) is 39.3 Å². The number of aliphatic carboxylic acids is 1. The smallest absolute Gasteiger partial charge is 0.304 e. The second-order valence-electron chi connectivity index (χ2n) is 4.06. The average molecular weight is 242 g/mol. The number of hydrogen-bond donors (Lipinski definition) is 1. The van der Waals surface area contributed by atoms with Crippen LogP contribution in [0.3, 0.4) is 0 Å². The van der Waals surface area contributed by atoms with E-state index in [4.69, 9.17) is 5.11 Å². The summed E-state index contributed by atoms with van der Waals surface area (Å²) in [4.78, 5) is 18.0. The molecule has 0 saturated carbocycles. The van der Waals surface area contributed by atoms with Crippen LogP contribution in [0.1, 0.15) is 38.1 Å². The lowest BCUT2D eigenvalue weighted by molar-refractivity contribution is -0.137. The third-order valence-electron chi connectivity index (χ3n) is 2.61. The molecule has 5 heteroatoms. The Labute approximate surface area is 99.9 Å². The molecule has 0 fully saturated rings. The van der Waals surface area contributed by atoms with Crippen LogP contribution in [0.2, 0.25) is 0 Å². The molecule has 4 nitrogen and oxygen atoms in total. The van der Waals surface area contributed by atoms with E-state index < -0.39 is 5.97 Å². The highest BCUT2D eigenvalue weighted by Gasteiger charge is 2.20. The third-order valence-corrected chi connectivity index (χ3v) is 3.55. The first kappa shape index (κ1) is 13.1. The molecule has 1 N–H and O–H groups in total. The topological polar surface area (TPSA) is 53.4 Å². The minimum absolute atomic E-state index is 0.182. The lowest BCUT2D eigenvalue weighted by atomic mass is 10.2. The molecule has 0 bridgehead atoms. The van der Waals surface area contributed by atoms with E-state index in [1.54, 1.807) is 11.3 Å². The molecule has 90 valence electrons. The molecule has 0 saturated heterocycles. The van der Waals surface area contributed by atoms with Crippen LogP contribution < -0.4 is 0 Å². The number of nitrogens with zero attached hydrogens (tertiary/aromatic N) is 2. The van der Waals surface area contributed by atoms with Gasteiger partial charge in [0.2, 0.25) is 0 Å². The summed E-state index contributed by atoms with van der Waals surface area (Å²) in [6, 6.07) is 0.559. The second kappa shape index (κ2) is 5.96. The molecule has 0 spiro atoms. The zero-order chi connectivity index (χ0) is 12.1. The maximum Gasteiger partial charge on any atom is 0.304 e. The molecule has 1 heterocycles. The van der Waals surface area contributed by atoms with Gasteiger partial charge in [0.1, 0.15) is 0 Å². The Morgan fingerprint density at radius 2 is 2.25 bits per heavy atom. The lowest BCUT2D eigenvalue weighted by Gasteiger charge is -2.31. The average Bonchev–Trinajstić information content (AvgIpc) is 2.69. The quantitative estimate of drug-likeness (QED) is 0.832. The van der Waals surface area contributed by atoms with Gasteiger partial charge in [0.05, 0.1) is 11.9 Å². The molecule has 1 aromatic heterocycles. The third kappa shape index (κ3) is 3.57. The number of carboxylic acids is 1. The molecular weight excluding hydrogens is 224 g/mol. The molecule has 0 aliphatic carbocycles. The molecular formula is C11H18N2O2S. The summed E-state index contributed by atoms with van der Waals surface area (Å²) >= 11 is 1.61. The number of thiazole rings is 1. The summed E-state index contributed by atoms with van der Waals surface area (Å²) in [6.07, 6.45) is 2.03. The van der Waals surface area contributed by atoms with Gasteiger partial charge in [-0.15, -0.1) is 11.3 Å². The Kier molecular flexibility index (Phi) is 4.89. The van der Waals surface area contributed by atoms with Crippen molar-refractivity contribution in [3.63, 3.8) is 0 Å². The molecule has 1 atom stereocenters. The van der Waals surface area contributed by atoms with Crippen molar-refractivity contribution in [1.29, 1.82) is 0 Å². The van der Waals surface area contributed by atoms with E-state index >= 15 is 0 Å². The number of carboxylic acid groups (broad SMARTS) is 1. The zero-order valence-corrected chi connectivity index (χ0v) is 10.7. The maximum absolute atomic E-state index is 10.6. The van der Waals surface area contributed by atoms with Crippen molar-refractivity contribution in [3.8, 4) is 0 Å². The van der Waals surface area contributed by atoms with Crippen molar-refractivity contribution >= 4 is 17.3 Å². The Balaban J connectivity index is 2.66. The highest BCUT2D eigenvalue weighted by Crippen LogP contribution is 2.25. The predicted molar refractivity (Wildman–Crippen MR) is 64.6 cm³/mol. The van der Waals surface area contributed by atoms with Gasteiger partial charge < -0.3 is 5.11 Å². The van der Waals surface area contributed by atoms with Gasteiger partial charge in [-0.3, -0.25) is 14.7 Å². The molecule has 0 aromatic carbocycles. The molecule has 0 aliphatic rings. The van der Waals surface area contributed by atoms with Crippen LogP contribution >= 0.6 is 11.3 Å². The van der Waals surface area contributed by atoms with Gasteiger partial charge in [-0.2, -0.15) is 0 Å². The highest BCUT2D eigenvalue weighted by atomic mass is 32.1. The normalized spacial score (nSPS) is 13.3. The van der Waals surface area contributed by atoms with Crippen molar-refractivity contribution < 1.29 is 9.90 Å². The highest BCUT2D eigenvalue weighted by molar-refractivity contribution is 7.09. The fraction of sp³-hybridized carbons (Fsp3) is 0.636. The molecule has 16 heavy (non-hydrogen) atoms. The molecule has 0 aliphatic heterocycles. The minimum atomic E-state index is -0.748. The van der Waals surface area contributed by atoms with Gasteiger partial charge in [-0.1, -0.05) is 0 Å². The van der Waals surface area contributed by atoms with Crippen LogP contribution in [0.25, 0.3) is 0 Å². The first-order valence-electron chi connectivity index (χ1n) is 5.38. The summed E-state index contributed by atoms with van der Waals surface area (Å²) < 4.78 is 0. The van der Waals surface area contributed by atoms with Gasteiger partial charge in [-0.25, -0.2) is 0 Å². The van der Waals surface area contributed by atoms with E-state index in [0.29, 0.717) is 12.6 Å². The number of carbonyl (C=O) groups is 1. The molecule has 1 rings (SSSR count). The van der Waals surface area contributed by atoms with Crippen molar-refractivity contribution in [3.05, 3.63) is 16.6 Å². The molecule has 1 unspecified atom stereocenters. The predicted octanol–water partition coefficient (Wildman–Crippen LogP) is 2.39. The maximum atomic E-state index is 10.6. The van der Waals surface area contributed by atoms with Crippen LogP contribution in [-0.4, -0.2) is 33.5 Å². The van der Waals surface area contributed by atoms with E-state index in [1.165, 1.54) is 4.88 Å². The van der Waals surface area contributed by atoms with E-state index in [2.05, 4.69) is 30.7 Å². The van der Waals surface area contributed by atoms with Crippen molar-refractivity contribution in [1.82, 2.24) is 9.88 Å². The fourth-order valence-corrected chi connectivity index (χ4v) is 2.42. The largest absolute Gasteiger partial charge is 0.481 e. The summed E-state index contributed by atoms with van der Waals surface area (Å²) in [7, 11) is 0. The van der Waals surface area contributed by atoms with Crippen LogP contribution in [0.4, 0.5) is 0 Å². The van der Waals surface area contributed by atoms with E-state index in [0.717, 1.165) is 0 Å². The Bertz CT molecular complexity index is 325. The number of aromatic nitrogens is 1. The molecule has 0 amide bonds. The van der Waals surface area contributed by atoms with Gasteiger partial charge in [-0.05, 0) is 20.8 Å². The SMILES string of the molecule is CC(C)N(CCC(=O)O)C(C)c1cncs1. The summed E-state index contributed by atoms with van der Waals surface area (Å²) in [6.45, 7) is 6.83. The summed E-state index contributed by atoms with van der Waals surface area (Å²) in [5.74, 6) is -0.748. The van der Waals surface area contributed by atoms with Crippen molar-refractivity contribution in [2.75, 3.05) is 6.54 Å². The van der Waals surface area contributed by atoms with Gasteiger partial charge >= 0.3 is 5.97 Å². The molecule has 0 radical (unpaired) electrons. The van der Waals surface area contributed by atoms with Gasteiger partial charge in [0, 0.05) is 29.7 Å². The number of hydrogen-bond acceptors (Lipinski definition) is 4. The summed E-state index contributed by atoms with van der Waals surface area (Å²) in [5, 5.41) is 8.72. The summed E-state index contributed by atoms with van der Waals surface area (Å²) in [5.41, 5.74) is 1.81. The van der Waals surface area contributed by atoms with Crippen LogP contribution in [-0.2, 0) is 4.79 Å². The standard InChI is InChI=1S/C11H18N2O2S/c1-8(2)13(5-4-11(14)15)9(3)10-6-12-7-16-10/h6-9H,4-5H2,1-3H3,(H,14,15). The Hall–Kier alpha value is -0.940. The molecule has 1 aromatic rings. The first-order chi connectivity index (χ1) is 7.52. The fourth-order valence-electron chi connectivity index (χ4n) is 1.72. The number of rotatable bonds is 6. The first-order valence-corrected chi connectivity index (χ1v) is 6.26. The van der Waals surface area contributed by atoms with Gasteiger partial charge in [0.25, 0.3) is 0 Å². The van der Waals surface area contributed by atoms with Crippen LogP contribution in [0.15, 0.2) is 11.7 Å². The second-order valence-corrected chi connectivity index (χ2v) is 4.97. The van der Waals surface area contributed by atoms with Crippen LogP contribution in [0, 0.1) is 0 Å². The zero-order valence-electron chi connectivity index (χ0n) is 9.88. The van der Waals surface area contributed by atoms with E-state index in [-0.39, 0.29) is 12.5 Å². The lowest BCUT2D eigenvalue weighted by Crippen LogP contribution is -2.35.